The number of urea groups is 1. The number of nitrogens with one attached hydrogen (secondary N) is 1. The second-order valence-corrected chi connectivity index (χ2v) is 6.92. The van der Waals surface area contributed by atoms with E-state index in [0.29, 0.717) is 18.0 Å². The quantitative estimate of drug-likeness (QED) is 0.889. The van der Waals surface area contributed by atoms with Crippen molar-refractivity contribution in [3.05, 3.63) is 18.3 Å². The Bertz CT molecular complexity index is 585. The first-order valence-electron chi connectivity index (χ1n) is 6.15. The van der Waals surface area contributed by atoms with Crippen LogP contribution in [0.4, 0.5) is 10.5 Å². The first-order chi connectivity index (χ1) is 9.41. The van der Waals surface area contributed by atoms with Gasteiger partial charge in [0.1, 0.15) is 0 Å². The van der Waals surface area contributed by atoms with Crippen molar-refractivity contribution in [2.75, 3.05) is 31.0 Å². The molecule has 1 saturated heterocycles. The molecule has 0 aromatic carbocycles. The molecule has 2 amide bonds. The highest BCUT2D eigenvalue weighted by Gasteiger charge is 2.32. The largest absolute Gasteiger partial charge is 0.481 e. The van der Waals surface area contributed by atoms with Crippen molar-refractivity contribution < 1.29 is 17.9 Å². The molecular formula is C12H17N3O4S. The van der Waals surface area contributed by atoms with Crippen LogP contribution in [0, 0.1) is 0 Å². The predicted molar refractivity (Wildman–Crippen MR) is 74.6 cm³/mol. The lowest BCUT2D eigenvalue weighted by atomic mass is 10.2. The highest BCUT2D eigenvalue weighted by Crippen LogP contribution is 2.18. The molecule has 8 heteroatoms. The van der Waals surface area contributed by atoms with Gasteiger partial charge in [-0.2, -0.15) is 0 Å². The van der Waals surface area contributed by atoms with Crippen LogP contribution in [0.2, 0.25) is 0 Å². The molecule has 2 heterocycles. The number of hydrogen-bond donors (Lipinski definition) is 1. The van der Waals surface area contributed by atoms with Crippen molar-refractivity contribution >= 4 is 21.6 Å². The third-order valence-corrected chi connectivity index (χ3v) is 5.02. The minimum Gasteiger partial charge on any atom is -0.481 e. The van der Waals surface area contributed by atoms with Crippen LogP contribution >= 0.6 is 0 Å². The summed E-state index contributed by atoms with van der Waals surface area (Å²) in [4.78, 5) is 17.4. The minimum atomic E-state index is -3.01. The van der Waals surface area contributed by atoms with Gasteiger partial charge in [0.2, 0.25) is 5.88 Å². The van der Waals surface area contributed by atoms with Crippen LogP contribution < -0.4 is 10.1 Å². The van der Waals surface area contributed by atoms with Gasteiger partial charge in [-0.25, -0.2) is 18.2 Å². The highest BCUT2D eigenvalue weighted by molar-refractivity contribution is 7.91. The lowest BCUT2D eigenvalue weighted by Gasteiger charge is -2.23. The number of carbonyl (C=O) groups is 1. The number of aromatic nitrogens is 1. The molecule has 0 bridgehead atoms. The van der Waals surface area contributed by atoms with E-state index in [1.165, 1.54) is 18.2 Å². The Kier molecular flexibility index (Phi) is 4.12. The number of methoxy groups -OCH3 is 1. The molecule has 0 saturated carbocycles. The van der Waals surface area contributed by atoms with E-state index in [1.807, 2.05) is 0 Å². The maximum Gasteiger partial charge on any atom is 0.321 e. The Morgan fingerprint density at radius 3 is 2.75 bits per heavy atom. The second kappa shape index (κ2) is 5.66. The van der Waals surface area contributed by atoms with Crippen LogP contribution in [0.15, 0.2) is 18.3 Å². The molecule has 110 valence electrons. The van der Waals surface area contributed by atoms with E-state index in [9.17, 15) is 13.2 Å². The third kappa shape index (κ3) is 3.38. The lowest BCUT2D eigenvalue weighted by Crippen LogP contribution is -2.40. The molecule has 1 N–H and O–H groups in total. The first kappa shape index (κ1) is 14.6. The predicted octanol–water partition coefficient (Wildman–Crippen LogP) is 0.741. The summed E-state index contributed by atoms with van der Waals surface area (Å²) >= 11 is 0. The SMILES string of the molecule is COc1ccc(NC(=O)N(C)[C@@H]2CCS(=O)(=O)C2)cn1. The zero-order valence-electron chi connectivity index (χ0n) is 11.4. The molecule has 0 unspecified atom stereocenters. The normalized spacial score (nSPS) is 20.4. The van der Waals surface area contributed by atoms with Gasteiger partial charge in [-0.3, -0.25) is 0 Å². The zero-order valence-corrected chi connectivity index (χ0v) is 12.2. The summed E-state index contributed by atoms with van der Waals surface area (Å²) < 4.78 is 27.8. The molecule has 7 nitrogen and oxygen atoms in total. The summed E-state index contributed by atoms with van der Waals surface area (Å²) in [6.45, 7) is 0. The van der Waals surface area contributed by atoms with Crippen LogP contribution in [0.3, 0.4) is 0 Å². The zero-order chi connectivity index (χ0) is 14.8. The Labute approximate surface area is 117 Å². The fourth-order valence-corrected chi connectivity index (χ4v) is 3.81. The number of hydrogen-bond acceptors (Lipinski definition) is 5. The molecule has 1 fully saturated rings. The van der Waals surface area contributed by atoms with Crippen LogP contribution in [-0.2, 0) is 9.84 Å². The maximum atomic E-state index is 12.0. The lowest BCUT2D eigenvalue weighted by molar-refractivity contribution is 0.209. The third-order valence-electron chi connectivity index (χ3n) is 3.27. The first-order valence-corrected chi connectivity index (χ1v) is 7.98. The van der Waals surface area contributed by atoms with Gasteiger partial charge in [-0.15, -0.1) is 0 Å². The molecule has 0 spiro atoms. The summed E-state index contributed by atoms with van der Waals surface area (Å²) in [6.07, 6.45) is 1.96. The molecule has 1 aliphatic heterocycles. The molecule has 1 aliphatic rings. The standard InChI is InChI=1S/C12H17N3O4S/c1-15(10-5-6-20(17,18)8-10)12(16)14-9-3-4-11(19-2)13-7-9/h3-4,7,10H,5-6,8H2,1-2H3,(H,14,16)/t10-/m1/s1. The molecular weight excluding hydrogens is 282 g/mol. The summed E-state index contributed by atoms with van der Waals surface area (Å²) in [7, 11) is 0.0974. The van der Waals surface area contributed by atoms with E-state index in [1.54, 1.807) is 19.2 Å². The summed E-state index contributed by atoms with van der Waals surface area (Å²) in [6, 6.07) is 2.68. The molecule has 0 radical (unpaired) electrons. The van der Waals surface area contributed by atoms with E-state index in [0.717, 1.165) is 0 Å². The van der Waals surface area contributed by atoms with E-state index >= 15 is 0 Å². The average Bonchev–Trinajstić information content (AvgIpc) is 2.79. The molecule has 1 aromatic rings. The van der Waals surface area contributed by atoms with Crippen LogP contribution in [0.1, 0.15) is 6.42 Å². The van der Waals surface area contributed by atoms with Gasteiger partial charge in [0.15, 0.2) is 9.84 Å². The van der Waals surface area contributed by atoms with Gasteiger partial charge in [0, 0.05) is 19.2 Å². The number of rotatable bonds is 3. The highest BCUT2D eigenvalue weighted by atomic mass is 32.2. The van der Waals surface area contributed by atoms with Gasteiger partial charge < -0.3 is 15.0 Å². The number of carbonyl (C=O) groups excluding carboxylic acids is 1. The van der Waals surface area contributed by atoms with Crippen molar-refractivity contribution in [2.45, 2.75) is 12.5 Å². The summed E-state index contributed by atoms with van der Waals surface area (Å²) in [5, 5.41) is 2.67. The Balaban J connectivity index is 1.97. The van der Waals surface area contributed by atoms with Crippen LogP contribution in [-0.4, -0.2) is 56.0 Å². The minimum absolute atomic E-state index is 0.0256. The van der Waals surface area contributed by atoms with Crippen molar-refractivity contribution in [2.24, 2.45) is 0 Å². The number of ether oxygens (including phenoxy) is 1. The molecule has 1 aromatic heterocycles. The number of sulfone groups is 1. The van der Waals surface area contributed by atoms with Gasteiger partial charge in [-0.05, 0) is 12.5 Å². The van der Waals surface area contributed by atoms with E-state index < -0.39 is 9.84 Å². The maximum absolute atomic E-state index is 12.0. The van der Waals surface area contributed by atoms with Crippen molar-refractivity contribution in [3.8, 4) is 5.88 Å². The van der Waals surface area contributed by atoms with Gasteiger partial charge in [0.25, 0.3) is 0 Å². The number of anilines is 1. The Morgan fingerprint density at radius 1 is 1.50 bits per heavy atom. The van der Waals surface area contributed by atoms with E-state index in [4.69, 9.17) is 4.74 Å². The topological polar surface area (TPSA) is 88.6 Å². The molecule has 20 heavy (non-hydrogen) atoms. The fourth-order valence-electron chi connectivity index (χ4n) is 2.03. The van der Waals surface area contributed by atoms with Crippen molar-refractivity contribution in [1.82, 2.24) is 9.88 Å². The Hall–Kier alpha value is -1.83. The monoisotopic (exact) mass is 299 g/mol. The number of nitrogens with zero attached hydrogens (tertiary/aromatic N) is 2. The van der Waals surface area contributed by atoms with Crippen LogP contribution in [0.25, 0.3) is 0 Å². The average molecular weight is 299 g/mol. The number of amides is 2. The molecule has 0 aliphatic carbocycles. The van der Waals surface area contributed by atoms with Crippen molar-refractivity contribution in [3.63, 3.8) is 0 Å². The second-order valence-electron chi connectivity index (χ2n) is 4.69. The Morgan fingerprint density at radius 2 is 2.25 bits per heavy atom. The smallest absolute Gasteiger partial charge is 0.321 e. The summed E-state index contributed by atoms with van der Waals surface area (Å²) in [5.41, 5.74) is 0.531. The van der Waals surface area contributed by atoms with Crippen molar-refractivity contribution in [1.29, 1.82) is 0 Å². The van der Waals surface area contributed by atoms with E-state index in [2.05, 4.69) is 10.3 Å². The van der Waals surface area contributed by atoms with Gasteiger partial charge in [0.05, 0.1) is 30.5 Å². The molecule has 2 rings (SSSR count). The fraction of sp³-hybridized carbons (Fsp3) is 0.500. The number of pyridine rings is 1. The van der Waals surface area contributed by atoms with Gasteiger partial charge >= 0.3 is 6.03 Å². The summed E-state index contributed by atoms with van der Waals surface area (Å²) in [5.74, 6) is 0.621. The van der Waals surface area contributed by atoms with Crippen LogP contribution in [0.5, 0.6) is 5.88 Å². The molecule has 1 atom stereocenters. The van der Waals surface area contributed by atoms with Gasteiger partial charge in [-0.1, -0.05) is 0 Å². The van der Waals surface area contributed by atoms with E-state index in [-0.39, 0.29) is 23.6 Å².